The van der Waals surface area contributed by atoms with Crippen molar-refractivity contribution in [3.63, 3.8) is 0 Å². The maximum atomic E-state index is 5.76. The average molecular weight is 243 g/mol. The van der Waals surface area contributed by atoms with Crippen LogP contribution < -0.4 is 9.47 Å². The Morgan fingerprint density at radius 3 is 2.83 bits per heavy atom. The molecule has 0 spiro atoms. The minimum Gasteiger partial charge on any atom is -0.489 e. The van der Waals surface area contributed by atoms with Crippen molar-refractivity contribution in [2.75, 3.05) is 7.11 Å². The fraction of sp³-hybridized carbons (Fsp3) is 0.267. The first-order valence-electron chi connectivity index (χ1n) is 6.03. The molecule has 2 aromatic rings. The van der Waals surface area contributed by atoms with E-state index in [9.17, 15) is 0 Å². The highest BCUT2D eigenvalue weighted by atomic mass is 16.5. The molecule has 0 bridgehead atoms. The summed E-state index contributed by atoms with van der Waals surface area (Å²) in [6.45, 7) is 2.59. The van der Waals surface area contributed by atoms with Crippen LogP contribution in [-0.2, 0) is 13.0 Å². The second-order valence-corrected chi connectivity index (χ2v) is 3.96. The predicted octanol–water partition coefficient (Wildman–Crippen LogP) is 3.23. The first-order valence-corrected chi connectivity index (χ1v) is 6.03. The smallest absolute Gasteiger partial charge is 0.219 e. The van der Waals surface area contributed by atoms with Gasteiger partial charge in [-0.05, 0) is 36.2 Å². The van der Waals surface area contributed by atoms with E-state index >= 15 is 0 Å². The van der Waals surface area contributed by atoms with Crippen LogP contribution in [0.15, 0.2) is 42.6 Å². The Kier molecular flexibility index (Phi) is 4.18. The van der Waals surface area contributed by atoms with Crippen molar-refractivity contribution < 1.29 is 9.47 Å². The summed E-state index contributed by atoms with van der Waals surface area (Å²) < 4.78 is 10.9. The average Bonchev–Trinajstić information content (AvgIpc) is 2.45. The number of rotatable bonds is 5. The van der Waals surface area contributed by atoms with E-state index in [0.717, 1.165) is 17.7 Å². The Morgan fingerprint density at radius 1 is 1.17 bits per heavy atom. The summed E-state index contributed by atoms with van der Waals surface area (Å²) in [5.74, 6) is 1.49. The number of benzene rings is 1. The van der Waals surface area contributed by atoms with Crippen LogP contribution in [-0.4, -0.2) is 12.1 Å². The number of nitrogens with zero attached hydrogens (tertiary/aromatic N) is 1. The molecule has 0 fully saturated rings. The molecule has 2 rings (SSSR count). The molecule has 1 aromatic carbocycles. The Bertz CT molecular complexity index is 511. The van der Waals surface area contributed by atoms with Gasteiger partial charge in [-0.1, -0.05) is 19.1 Å². The molecule has 0 aliphatic carbocycles. The van der Waals surface area contributed by atoms with E-state index in [1.54, 1.807) is 13.3 Å². The number of hydrogen-bond donors (Lipinski definition) is 0. The van der Waals surface area contributed by atoms with Crippen LogP contribution in [0.1, 0.15) is 18.1 Å². The normalized spacial score (nSPS) is 10.1. The summed E-state index contributed by atoms with van der Waals surface area (Å²) in [6.07, 6.45) is 2.72. The summed E-state index contributed by atoms with van der Waals surface area (Å²) in [7, 11) is 1.61. The van der Waals surface area contributed by atoms with E-state index in [2.05, 4.69) is 24.0 Å². The van der Waals surface area contributed by atoms with Crippen molar-refractivity contribution in [1.29, 1.82) is 0 Å². The van der Waals surface area contributed by atoms with Crippen LogP contribution in [0.5, 0.6) is 11.6 Å². The van der Waals surface area contributed by atoms with Gasteiger partial charge in [0.05, 0.1) is 12.7 Å². The highest BCUT2D eigenvalue weighted by Gasteiger charge is 2.04. The molecular formula is C15H17NO2. The fourth-order valence-electron chi connectivity index (χ4n) is 1.73. The Labute approximate surface area is 107 Å². The highest BCUT2D eigenvalue weighted by Crippen LogP contribution is 2.19. The summed E-state index contributed by atoms with van der Waals surface area (Å²) in [5, 5.41) is 0. The maximum absolute atomic E-state index is 5.76. The Morgan fingerprint density at radius 2 is 2.06 bits per heavy atom. The molecule has 0 saturated carbocycles. The van der Waals surface area contributed by atoms with Crippen molar-refractivity contribution in [2.45, 2.75) is 20.0 Å². The van der Waals surface area contributed by atoms with Crippen LogP contribution in [0.25, 0.3) is 0 Å². The SMILES string of the molecule is CCc1cccc(OCc2cccnc2OC)c1. The highest BCUT2D eigenvalue weighted by molar-refractivity contribution is 5.30. The minimum absolute atomic E-state index is 0.462. The number of methoxy groups -OCH3 is 1. The van der Waals surface area contributed by atoms with Crippen molar-refractivity contribution in [3.05, 3.63) is 53.7 Å². The van der Waals surface area contributed by atoms with Gasteiger partial charge < -0.3 is 9.47 Å². The topological polar surface area (TPSA) is 31.4 Å². The monoisotopic (exact) mass is 243 g/mol. The van der Waals surface area contributed by atoms with Crippen molar-refractivity contribution in [3.8, 4) is 11.6 Å². The molecule has 0 aliphatic heterocycles. The van der Waals surface area contributed by atoms with Gasteiger partial charge in [-0.2, -0.15) is 0 Å². The zero-order valence-corrected chi connectivity index (χ0v) is 10.7. The summed E-state index contributed by atoms with van der Waals surface area (Å²) in [5.41, 5.74) is 2.22. The molecule has 0 radical (unpaired) electrons. The van der Waals surface area contributed by atoms with Gasteiger partial charge in [0.25, 0.3) is 0 Å². The molecule has 1 heterocycles. The molecule has 0 N–H and O–H groups in total. The third kappa shape index (κ3) is 3.00. The minimum atomic E-state index is 0.462. The van der Waals surface area contributed by atoms with Crippen molar-refractivity contribution in [2.24, 2.45) is 0 Å². The fourth-order valence-corrected chi connectivity index (χ4v) is 1.73. The summed E-state index contributed by atoms with van der Waals surface area (Å²) in [6, 6.07) is 12.0. The first-order chi connectivity index (χ1) is 8.83. The molecule has 0 aliphatic rings. The van der Waals surface area contributed by atoms with Crippen LogP contribution in [0, 0.1) is 0 Å². The van der Waals surface area contributed by atoms with Gasteiger partial charge in [0.1, 0.15) is 12.4 Å². The molecule has 0 atom stereocenters. The van der Waals surface area contributed by atoms with E-state index in [4.69, 9.17) is 9.47 Å². The van der Waals surface area contributed by atoms with Gasteiger partial charge in [-0.25, -0.2) is 4.98 Å². The molecule has 0 unspecified atom stereocenters. The zero-order chi connectivity index (χ0) is 12.8. The summed E-state index contributed by atoms with van der Waals surface area (Å²) >= 11 is 0. The molecule has 94 valence electrons. The molecule has 18 heavy (non-hydrogen) atoms. The molecule has 0 amide bonds. The van der Waals surface area contributed by atoms with Gasteiger partial charge in [-0.15, -0.1) is 0 Å². The van der Waals surface area contributed by atoms with Gasteiger partial charge in [0.15, 0.2) is 0 Å². The second kappa shape index (κ2) is 6.05. The van der Waals surface area contributed by atoms with Gasteiger partial charge in [0.2, 0.25) is 5.88 Å². The molecule has 0 saturated heterocycles. The lowest BCUT2D eigenvalue weighted by atomic mass is 10.2. The van der Waals surface area contributed by atoms with Crippen LogP contribution in [0.2, 0.25) is 0 Å². The third-order valence-corrected chi connectivity index (χ3v) is 2.74. The summed E-state index contributed by atoms with van der Waals surface area (Å²) in [4.78, 5) is 4.14. The van der Waals surface area contributed by atoms with Gasteiger partial charge in [0, 0.05) is 6.20 Å². The lowest BCUT2D eigenvalue weighted by Crippen LogP contribution is -2.00. The van der Waals surface area contributed by atoms with Gasteiger partial charge >= 0.3 is 0 Å². The number of pyridine rings is 1. The maximum Gasteiger partial charge on any atom is 0.219 e. The number of ether oxygens (including phenoxy) is 2. The van der Waals surface area contributed by atoms with Crippen molar-refractivity contribution >= 4 is 0 Å². The number of hydrogen-bond acceptors (Lipinski definition) is 3. The third-order valence-electron chi connectivity index (χ3n) is 2.74. The molecule has 3 nitrogen and oxygen atoms in total. The quantitative estimate of drug-likeness (QED) is 0.808. The Balaban J connectivity index is 2.06. The molecule has 1 aromatic heterocycles. The van der Waals surface area contributed by atoms with Crippen LogP contribution >= 0.6 is 0 Å². The zero-order valence-electron chi connectivity index (χ0n) is 10.7. The van der Waals surface area contributed by atoms with E-state index < -0.39 is 0 Å². The number of aryl methyl sites for hydroxylation is 1. The van der Waals surface area contributed by atoms with E-state index in [0.29, 0.717) is 12.5 Å². The second-order valence-electron chi connectivity index (χ2n) is 3.96. The lowest BCUT2D eigenvalue weighted by Gasteiger charge is -2.09. The van der Waals surface area contributed by atoms with Crippen LogP contribution in [0.3, 0.4) is 0 Å². The van der Waals surface area contributed by atoms with Crippen LogP contribution in [0.4, 0.5) is 0 Å². The number of aromatic nitrogens is 1. The van der Waals surface area contributed by atoms with E-state index in [1.165, 1.54) is 5.56 Å². The van der Waals surface area contributed by atoms with E-state index in [1.807, 2.05) is 24.3 Å². The molecular weight excluding hydrogens is 226 g/mol. The predicted molar refractivity (Wildman–Crippen MR) is 70.9 cm³/mol. The van der Waals surface area contributed by atoms with Crippen molar-refractivity contribution in [1.82, 2.24) is 4.98 Å². The standard InChI is InChI=1S/C15H17NO2/c1-3-12-6-4-8-14(10-12)18-11-13-7-5-9-16-15(13)17-2/h4-10H,3,11H2,1-2H3. The molecule has 3 heteroatoms. The van der Waals surface area contributed by atoms with E-state index in [-0.39, 0.29) is 0 Å². The Hall–Kier alpha value is -2.03. The largest absolute Gasteiger partial charge is 0.489 e. The first kappa shape index (κ1) is 12.4. The lowest BCUT2D eigenvalue weighted by molar-refractivity contribution is 0.293. The van der Waals surface area contributed by atoms with Gasteiger partial charge in [-0.3, -0.25) is 0 Å².